The van der Waals surface area contributed by atoms with Gasteiger partial charge >= 0.3 is 0 Å². The molecular formula is C17H17N3O3S. The summed E-state index contributed by atoms with van der Waals surface area (Å²) in [5.41, 5.74) is 0. The average molecular weight is 343 g/mol. The molecule has 1 atom stereocenters. The van der Waals surface area contributed by atoms with Crippen LogP contribution in [0.4, 0.5) is 0 Å². The van der Waals surface area contributed by atoms with Crippen LogP contribution in [0.3, 0.4) is 0 Å². The molecule has 6 nitrogen and oxygen atoms in total. The first-order valence-corrected chi connectivity index (χ1v) is 8.34. The molecule has 7 heteroatoms. The molecule has 3 aromatic rings. The number of rotatable bonds is 6. The first kappa shape index (κ1) is 16.2. The molecule has 24 heavy (non-hydrogen) atoms. The fraction of sp³-hybridized carbons (Fsp3) is 0.235. The van der Waals surface area contributed by atoms with E-state index in [1.807, 2.05) is 47.8 Å². The summed E-state index contributed by atoms with van der Waals surface area (Å²) in [4.78, 5) is 19.2. The van der Waals surface area contributed by atoms with Crippen molar-refractivity contribution in [3.05, 3.63) is 53.7 Å². The highest BCUT2D eigenvalue weighted by Crippen LogP contribution is 2.21. The first-order chi connectivity index (χ1) is 11.6. The number of hydrogen-bond donors (Lipinski definition) is 0. The fourth-order valence-corrected chi connectivity index (χ4v) is 2.82. The zero-order valence-electron chi connectivity index (χ0n) is 13.4. The van der Waals surface area contributed by atoms with Crippen molar-refractivity contribution in [2.24, 2.45) is 0 Å². The first-order valence-electron chi connectivity index (χ1n) is 7.46. The minimum Gasteiger partial charge on any atom is -0.481 e. The van der Waals surface area contributed by atoms with Crippen LogP contribution < -0.4 is 4.74 Å². The van der Waals surface area contributed by atoms with Gasteiger partial charge in [0.15, 0.2) is 6.10 Å². The Bertz CT molecular complexity index is 787. The minimum absolute atomic E-state index is 0.158. The van der Waals surface area contributed by atoms with Crippen molar-refractivity contribution in [1.29, 1.82) is 0 Å². The largest absolute Gasteiger partial charge is 0.481 e. The Balaban J connectivity index is 1.60. The lowest BCUT2D eigenvalue weighted by Crippen LogP contribution is -2.37. The lowest BCUT2D eigenvalue weighted by Gasteiger charge is -2.20. The number of hydrogen-bond acceptors (Lipinski definition) is 6. The Hall–Kier alpha value is -2.67. The van der Waals surface area contributed by atoms with Crippen molar-refractivity contribution in [1.82, 2.24) is 15.0 Å². The number of likely N-dealkylation sites (N-methyl/N-ethyl adjacent to an activating group) is 1. The molecule has 0 fully saturated rings. The lowest BCUT2D eigenvalue weighted by molar-refractivity contribution is -0.137. The Labute approximate surface area is 143 Å². The predicted molar refractivity (Wildman–Crippen MR) is 90.6 cm³/mol. The third kappa shape index (κ3) is 3.80. The minimum atomic E-state index is -0.600. The second-order valence-corrected chi connectivity index (χ2v) is 6.20. The highest BCUT2D eigenvalue weighted by atomic mass is 32.1. The van der Waals surface area contributed by atoms with Crippen LogP contribution in [0.1, 0.15) is 12.8 Å². The van der Waals surface area contributed by atoms with Crippen LogP contribution in [0, 0.1) is 0 Å². The summed E-state index contributed by atoms with van der Waals surface area (Å²) in [5, 5.41) is 5.89. The smallest absolute Gasteiger partial charge is 0.263 e. The maximum absolute atomic E-state index is 12.4. The van der Waals surface area contributed by atoms with Gasteiger partial charge in [-0.25, -0.2) is 0 Å². The number of benzene rings is 1. The zero-order chi connectivity index (χ0) is 16.9. The molecule has 0 saturated heterocycles. The van der Waals surface area contributed by atoms with Crippen LogP contribution in [0.15, 0.2) is 52.4 Å². The SMILES string of the molecule is CC(Oc1ccccc1)C(=O)N(C)Cc1nc(-c2cccs2)no1. The standard InChI is InChI=1S/C17H17N3O3S/c1-12(22-13-7-4-3-5-8-13)17(21)20(2)11-15-18-16(19-23-15)14-9-6-10-24-14/h3-10,12H,11H2,1-2H3. The highest BCUT2D eigenvalue weighted by Gasteiger charge is 2.21. The van der Waals surface area contributed by atoms with Gasteiger partial charge in [0.25, 0.3) is 5.91 Å². The van der Waals surface area contributed by atoms with Crippen LogP contribution in [0.25, 0.3) is 10.7 Å². The van der Waals surface area contributed by atoms with E-state index in [2.05, 4.69) is 10.1 Å². The number of carbonyl (C=O) groups excluding carboxylic acids is 1. The molecule has 0 aliphatic heterocycles. The Kier molecular flexibility index (Phi) is 4.90. The van der Waals surface area contributed by atoms with Gasteiger partial charge in [-0.3, -0.25) is 4.79 Å². The van der Waals surface area contributed by atoms with Gasteiger partial charge in [0.05, 0.1) is 11.4 Å². The Morgan fingerprint density at radius 3 is 2.79 bits per heavy atom. The van der Waals surface area contributed by atoms with E-state index in [0.717, 1.165) is 4.88 Å². The van der Waals surface area contributed by atoms with Crippen molar-refractivity contribution in [2.45, 2.75) is 19.6 Å². The predicted octanol–water partition coefficient (Wildman–Crippen LogP) is 3.22. The summed E-state index contributed by atoms with van der Waals surface area (Å²) in [6, 6.07) is 13.1. The normalized spacial score (nSPS) is 11.9. The van der Waals surface area contributed by atoms with Gasteiger partial charge in [-0.05, 0) is 30.5 Å². The third-order valence-corrected chi connectivity index (χ3v) is 4.23. The van der Waals surface area contributed by atoms with E-state index in [4.69, 9.17) is 9.26 Å². The molecule has 1 aromatic carbocycles. The van der Waals surface area contributed by atoms with E-state index < -0.39 is 6.10 Å². The van der Waals surface area contributed by atoms with Crippen molar-refractivity contribution in [3.8, 4) is 16.5 Å². The number of nitrogens with zero attached hydrogens (tertiary/aromatic N) is 3. The molecule has 124 valence electrons. The van der Waals surface area contributed by atoms with Crippen LogP contribution in [-0.4, -0.2) is 34.1 Å². The number of ether oxygens (including phenoxy) is 1. The van der Waals surface area contributed by atoms with Gasteiger partial charge in [0, 0.05) is 7.05 Å². The summed E-state index contributed by atoms with van der Waals surface area (Å²) in [5.74, 6) is 1.43. The molecular weight excluding hydrogens is 326 g/mol. The highest BCUT2D eigenvalue weighted by molar-refractivity contribution is 7.13. The summed E-state index contributed by atoms with van der Waals surface area (Å²) < 4.78 is 10.9. The van der Waals surface area contributed by atoms with Gasteiger partial charge in [-0.15, -0.1) is 11.3 Å². The van der Waals surface area contributed by atoms with Crippen LogP contribution in [0.5, 0.6) is 5.75 Å². The van der Waals surface area contributed by atoms with Crippen LogP contribution in [0.2, 0.25) is 0 Å². The summed E-state index contributed by atoms with van der Waals surface area (Å²) in [7, 11) is 1.68. The number of amides is 1. The molecule has 0 aliphatic carbocycles. The molecule has 1 amide bonds. The topological polar surface area (TPSA) is 68.5 Å². The van der Waals surface area contributed by atoms with E-state index in [1.165, 1.54) is 16.2 Å². The van der Waals surface area contributed by atoms with E-state index in [1.54, 1.807) is 14.0 Å². The molecule has 0 spiro atoms. The Morgan fingerprint density at radius 2 is 2.08 bits per heavy atom. The van der Waals surface area contributed by atoms with Gasteiger partial charge in [-0.1, -0.05) is 29.4 Å². The van der Waals surface area contributed by atoms with E-state index in [9.17, 15) is 4.79 Å². The quantitative estimate of drug-likeness (QED) is 0.687. The van der Waals surface area contributed by atoms with E-state index in [-0.39, 0.29) is 12.5 Å². The Morgan fingerprint density at radius 1 is 1.29 bits per heavy atom. The van der Waals surface area contributed by atoms with Gasteiger partial charge in [-0.2, -0.15) is 4.98 Å². The van der Waals surface area contributed by atoms with Crippen LogP contribution in [-0.2, 0) is 11.3 Å². The van der Waals surface area contributed by atoms with E-state index in [0.29, 0.717) is 17.5 Å². The zero-order valence-corrected chi connectivity index (χ0v) is 14.2. The second kappa shape index (κ2) is 7.27. The molecule has 0 aliphatic rings. The van der Waals surface area contributed by atoms with Crippen LogP contribution >= 0.6 is 11.3 Å². The molecule has 0 saturated carbocycles. The maximum atomic E-state index is 12.4. The number of aromatic nitrogens is 2. The molecule has 0 bridgehead atoms. The molecule has 0 radical (unpaired) electrons. The molecule has 2 aromatic heterocycles. The maximum Gasteiger partial charge on any atom is 0.263 e. The summed E-state index contributed by atoms with van der Waals surface area (Å²) in [6.07, 6.45) is -0.600. The summed E-state index contributed by atoms with van der Waals surface area (Å²) in [6.45, 7) is 1.95. The average Bonchev–Trinajstić information content (AvgIpc) is 3.26. The monoisotopic (exact) mass is 343 g/mol. The number of para-hydroxylation sites is 1. The molecule has 1 unspecified atom stereocenters. The number of carbonyl (C=O) groups is 1. The lowest BCUT2D eigenvalue weighted by atomic mass is 10.3. The third-order valence-electron chi connectivity index (χ3n) is 3.36. The summed E-state index contributed by atoms with van der Waals surface area (Å²) >= 11 is 1.54. The molecule has 3 rings (SSSR count). The van der Waals surface area contributed by atoms with Gasteiger partial charge in [0.2, 0.25) is 11.7 Å². The molecule has 2 heterocycles. The molecule has 0 N–H and O–H groups in total. The van der Waals surface area contributed by atoms with Crippen molar-refractivity contribution >= 4 is 17.2 Å². The van der Waals surface area contributed by atoms with Crippen molar-refractivity contribution < 1.29 is 14.1 Å². The van der Waals surface area contributed by atoms with Gasteiger partial charge < -0.3 is 14.2 Å². The number of thiophene rings is 1. The van der Waals surface area contributed by atoms with Crippen molar-refractivity contribution in [3.63, 3.8) is 0 Å². The second-order valence-electron chi connectivity index (χ2n) is 5.26. The fourth-order valence-electron chi connectivity index (χ4n) is 2.17. The van der Waals surface area contributed by atoms with Gasteiger partial charge in [0.1, 0.15) is 5.75 Å². The van der Waals surface area contributed by atoms with Crippen molar-refractivity contribution in [2.75, 3.05) is 7.05 Å². The van der Waals surface area contributed by atoms with E-state index >= 15 is 0 Å².